The largest absolute Gasteiger partial charge is 0.326 e. The maximum Gasteiger partial charge on any atom is 0.241 e. The highest BCUT2D eigenvalue weighted by atomic mass is 32.2. The molecule has 9 heteroatoms. The molecule has 2 aromatic carbocycles. The monoisotopic (exact) mass is 387 g/mol. The summed E-state index contributed by atoms with van der Waals surface area (Å²) in [6.07, 6.45) is 0.117. The number of carbonyl (C=O) groups is 3. The normalized spacial score (nSPS) is 13.0. The van der Waals surface area contributed by atoms with Crippen LogP contribution < -0.4 is 15.4 Å². The Morgan fingerprint density at radius 2 is 1.93 bits per heavy atom. The van der Waals surface area contributed by atoms with Crippen LogP contribution in [0.1, 0.15) is 22.8 Å². The molecule has 140 valence electrons. The number of fused-ring (bicyclic) bond motifs is 1. The second kappa shape index (κ2) is 7.29. The van der Waals surface area contributed by atoms with Gasteiger partial charge in [-0.25, -0.2) is 13.1 Å². The van der Waals surface area contributed by atoms with Crippen LogP contribution in [0.15, 0.2) is 47.4 Å². The highest BCUT2D eigenvalue weighted by molar-refractivity contribution is 7.89. The van der Waals surface area contributed by atoms with Gasteiger partial charge in [0, 0.05) is 16.9 Å². The molecule has 0 unspecified atom stereocenters. The number of hydrogen-bond donors (Lipinski definition) is 3. The molecule has 3 N–H and O–H groups in total. The van der Waals surface area contributed by atoms with Crippen molar-refractivity contribution in [3.8, 4) is 0 Å². The summed E-state index contributed by atoms with van der Waals surface area (Å²) < 4.78 is 27.0. The van der Waals surface area contributed by atoms with Crippen LogP contribution in [0.2, 0.25) is 0 Å². The number of carbonyl (C=O) groups excluding carboxylic acids is 3. The van der Waals surface area contributed by atoms with E-state index in [9.17, 15) is 22.8 Å². The van der Waals surface area contributed by atoms with E-state index in [4.69, 9.17) is 0 Å². The Kier molecular flexibility index (Phi) is 5.06. The second-order valence-electron chi connectivity index (χ2n) is 6.05. The maximum absolute atomic E-state index is 12.4. The van der Waals surface area contributed by atoms with E-state index in [1.54, 1.807) is 18.2 Å². The van der Waals surface area contributed by atoms with E-state index in [1.807, 2.05) is 0 Å². The van der Waals surface area contributed by atoms with Crippen LogP contribution in [-0.4, -0.2) is 32.6 Å². The summed E-state index contributed by atoms with van der Waals surface area (Å²) in [7, 11) is -3.91. The summed E-state index contributed by atoms with van der Waals surface area (Å²) in [5.74, 6) is -0.909. The van der Waals surface area contributed by atoms with E-state index in [0.29, 0.717) is 22.5 Å². The fourth-order valence-corrected chi connectivity index (χ4v) is 3.67. The van der Waals surface area contributed by atoms with Crippen LogP contribution in [0.5, 0.6) is 0 Å². The van der Waals surface area contributed by atoms with Crippen molar-refractivity contribution in [2.24, 2.45) is 0 Å². The lowest BCUT2D eigenvalue weighted by atomic mass is 10.1. The van der Waals surface area contributed by atoms with Crippen molar-refractivity contribution >= 4 is 39.0 Å². The molecule has 0 aromatic heterocycles. The molecular formula is C18H17N3O5S. The van der Waals surface area contributed by atoms with Gasteiger partial charge in [0.2, 0.25) is 21.8 Å². The van der Waals surface area contributed by atoms with Crippen LogP contribution in [-0.2, 0) is 26.0 Å². The van der Waals surface area contributed by atoms with Crippen molar-refractivity contribution in [1.82, 2.24) is 4.72 Å². The molecule has 0 fully saturated rings. The van der Waals surface area contributed by atoms with E-state index < -0.39 is 22.5 Å². The van der Waals surface area contributed by atoms with Crippen LogP contribution >= 0.6 is 0 Å². The summed E-state index contributed by atoms with van der Waals surface area (Å²) in [5, 5.41) is 5.16. The lowest BCUT2D eigenvalue weighted by Gasteiger charge is -2.09. The van der Waals surface area contributed by atoms with Gasteiger partial charge in [-0.3, -0.25) is 14.4 Å². The van der Waals surface area contributed by atoms with Gasteiger partial charge in [0.1, 0.15) is 0 Å². The molecule has 1 heterocycles. The van der Waals surface area contributed by atoms with Crippen LogP contribution in [0.25, 0.3) is 0 Å². The minimum Gasteiger partial charge on any atom is -0.326 e. The third-order valence-electron chi connectivity index (χ3n) is 3.99. The molecule has 1 aliphatic heterocycles. The van der Waals surface area contributed by atoms with Crippen molar-refractivity contribution in [2.75, 3.05) is 17.2 Å². The molecule has 27 heavy (non-hydrogen) atoms. The fourth-order valence-electron chi connectivity index (χ4n) is 2.64. The van der Waals surface area contributed by atoms with E-state index in [0.717, 1.165) is 0 Å². The molecule has 0 atom stereocenters. The maximum atomic E-state index is 12.4. The van der Waals surface area contributed by atoms with Gasteiger partial charge in [-0.2, -0.15) is 0 Å². The zero-order valence-electron chi connectivity index (χ0n) is 14.4. The summed E-state index contributed by atoms with van der Waals surface area (Å²) in [6.45, 7) is 0.940. The SMILES string of the molecule is CC(=O)c1cccc(NC(=O)CNS(=O)(=O)c2ccc3c(c2)CC(=O)N3)c1. The summed E-state index contributed by atoms with van der Waals surface area (Å²) in [6, 6.07) is 10.6. The molecule has 2 amide bonds. The molecule has 0 spiro atoms. The smallest absolute Gasteiger partial charge is 0.241 e. The Bertz CT molecular complexity index is 1050. The number of sulfonamides is 1. The molecule has 0 saturated heterocycles. The number of hydrogen-bond acceptors (Lipinski definition) is 5. The van der Waals surface area contributed by atoms with Gasteiger partial charge in [0.05, 0.1) is 17.9 Å². The van der Waals surface area contributed by atoms with Crippen molar-refractivity contribution in [3.05, 3.63) is 53.6 Å². The topological polar surface area (TPSA) is 121 Å². The van der Waals surface area contributed by atoms with Gasteiger partial charge in [-0.05, 0) is 42.8 Å². The third-order valence-corrected chi connectivity index (χ3v) is 5.39. The highest BCUT2D eigenvalue weighted by Crippen LogP contribution is 2.25. The molecule has 0 bridgehead atoms. The van der Waals surface area contributed by atoms with Gasteiger partial charge in [0.15, 0.2) is 5.78 Å². The first kappa shape index (κ1) is 18.7. The summed E-state index contributed by atoms with van der Waals surface area (Å²) in [4.78, 5) is 34.7. The van der Waals surface area contributed by atoms with Crippen molar-refractivity contribution < 1.29 is 22.8 Å². The quantitative estimate of drug-likeness (QED) is 0.645. The zero-order chi connectivity index (χ0) is 19.6. The number of ketones is 1. The molecule has 2 aromatic rings. The van der Waals surface area contributed by atoms with Gasteiger partial charge < -0.3 is 10.6 Å². The van der Waals surface area contributed by atoms with E-state index in [-0.39, 0.29) is 23.0 Å². The van der Waals surface area contributed by atoms with Gasteiger partial charge >= 0.3 is 0 Å². The minimum absolute atomic E-state index is 0.0240. The van der Waals surface area contributed by atoms with Gasteiger partial charge in [-0.1, -0.05) is 12.1 Å². The Hall–Kier alpha value is -3.04. The Labute approximate surface area is 156 Å². The number of amides is 2. The summed E-state index contributed by atoms with van der Waals surface area (Å²) >= 11 is 0. The Morgan fingerprint density at radius 3 is 2.67 bits per heavy atom. The first-order valence-electron chi connectivity index (χ1n) is 8.08. The molecule has 0 aliphatic carbocycles. The Balaban J connectivity index is 1.64. The standard InChI is InChI=1S/C18H17N3O5S/c1-11(22)12-3-2-4-14(7-12)20-18(24)10-19-27(25,26)15-5-6-16-13(8-15)9-17(23)21-16/h2-8,19H,9-10H2,1H3,(H,20,24)(H,21,23). The molecule has 0 radical (unpaired) electrons. The van der Waals surface area contributed by atoms with Crippen LogP contribution in [0.3, 0.4) is 0 Å². The lowest BCUT2D eigenvalue weighted by molar-refractivity contribution is -0.115. The minimum atomic E-state index is -3.91. The summed E-state index contributed by atoms with van der Waals surface area (Å²) in [5.41, 5.74) is 2.01. The van der Waals surface area contributed by atoms with Gasteiger partial charge in [-0.15, -0.1) is 0 Å². The predicted molar refractivity (Wildman–Crippen MR) is 99.0 cm³/mol. The van der Waals surface area contributed by atoms with Crippen LogP contribution in [0.4, 0.5) is 11.4 Å². The van der Waals surface area contributed by atoms with Crippen molar-refractivity contribution in [3.63, 3.8) is 0 Å². The Morgan fingerprint density at radius 1 is 1.15 bits per heavy atom. The first-order valence-corrected chi connectivity index (χ1v) is 9.56. The number of rotatable bonds is 6. The van der Waals surface area contributed by atoms with Crippen molar-refractivity contribution in [1.29, 1.82) is 0 Å². The number of anilines is 2. The zero-order valence-corrected chi connectivity index (χ0v) is 15.2. The molecular weight excluding hydrogens is 370 g/mol. The van der Waals surface area contributed by atoms with E-state index in [1.165, 1.54) is 31.2 Å². The van der Waals surface area contributed by atoms with Crippen LogP contribution in [0, 0.1) is 0 Å². The predicted octanol–water partition coefficient (Wildman–Crippen LogP) is 1.30. The highest BCUT2D eigenvalue weighted by Gasteiger charge is 2.22. The lowest BCUT2D eigenvalue weighted by Crippen LogP contribution is -2.33. The molecule has 8 nitrogen and oxygen atoms in total. The average Bonchev–Trinajstić information content (AvgIpc) is 2.99. The average molecular weight is 387 g/mol. The number of benzene rings is 2. The first-order chi connectivity index (χ1) is 12.7. The number of nitrogens with one attached hydrogen (secondary N) is 3. The van der Waals surface area contributed by atoms with Gasteiger partial charge in [0.25, 0.3) is 0 Å². The second-order valence-corrected chi connectivity index (χ2v) is 7.82. The number of Topliss-reactive ketones (excluding diaryl/α,β-unsaturated/α-hetero) is 1. The molecule has 3 rings (SSSR count). The van der Waals surface area contributed by atoms with E-state index >= 15 is 0 Å². The third kappa shape index (κ3) is 4.39. The fraction of sp³-hybridized carbons (Fsp3) is 0.167. The van der Waals surface area contributed by atoms with Crippen molar-refractivity contribution in [2.45, 2.75) is 18.2 Å². The van der Waals surface area contributed by atoms with E-state index in [2.05, 4.69) is 15.4 Å². The molecule has 0 saturated carbocycles. The molecule has 1 aliphatic rings.